The summed E-state index contributed by atoms with van der Waals surface area (Å²) in [5.41, 5.74) is 4.31. The van der Waals surface area contributed by atoms with E-state index in [9.17, 15) is 4.79 Å². The lowest BCUT2D eigenvalue weighted by atomic mass is 10.2. The van der Waals surface area contributed by atoms with Gasteiger partial charge in [-0.15, -0.1) is 11.3 Å². The van der Waals surface area contributed by atoms with Crippen molar-refractivity contribution in [2.45, 2.75) is 31.2 Å². The van der Waals surface area contributed by atoms with E-state index >= 15 is 0 Å². The number of benzene rings is 2. The molecule has 152 valence electrons. The van der Waals surface area contributed by atoms with Crippen LogP contribution in [-0.2, 0) is 4.79 Å². The molecule has 0 unspecified atom stereocenters. The molecule has 1 aromatic heterocycles. The summed E-state index contributed by atoms with van der Waals surface area (Å²) in [7, 11) is 0. The molecule has 1 amide bonds. The zero-order valence-corrected chi connectivity index (χ0v) is 18.2. The molecular formula is C21H23N3O3S2. The Morgan fingerprint density at radius 3 is 2.86 bits per heavy atom. The molecule has 0 aliphatic heterocycles. The molecule has 0 atom stereocenters. The van der Waals surface area contributed by atoms with Gasteiger partial charge in [-0.05, 0) is 56.7 Å². The second kappa shape index (κ2) is 10.3. The molecule has 0 fully saturated rings. The average Bonchev–Trinajstić information content (AvgIpc) is 3.11. The average molecular weight is 430 g/mol. The molecule has 8 heteroatoms. The van der Waals surface area contributed by atoms with Crippen LogP contribution in [0.25, 0.3) is 10.2 Å². The van der Waals surface area contributed by atoms with Gasteiger partial charge >= 0.3 is 0 Å². The molecule has 3 rings (SSSR count). The first kappa shape index (κ1) is 21.1. The summed E-state index contributed by atoms with van der Waals surface area (Å²) in [5, 5.41) is 4.04. The van der Waals surface area contributed by atoms with Crippen LogP contribution in [0.1, 0.15) is 26.3 Å². The van der Waals surface area contributed by atoms with Crippen LogP contribution in [0.5, 0.6) is 11.5 Å². The van der Waals surface area contributed by atoms with Gasteiger partial charge in [0.15, 0.2) is 15.8 Å². The molecular weight excluding hydrogens is 406 g/mol. The maximum absolute atomic E-state index is 12.1. The number of nitrogens with zero attached hydrogens (tertiary/aromatic N) is 2. The zero-order chi connectivity index (χ0) is 20.6. The minimum atomic E-state index is -0.185. The Morgan fingerprint density at radius 1 is 1.28 bits per heavy atom. The Bertz CT molecular complexity index is 969. The zero-order valence-electron chi connectivity index (χ0n) is 16.5. The minimum Gasteiger partial charge on any atom is -0.490 e. The second-order valence-corrected chi connectivity index (χ2v) is 8.59. The summed E-state index contributed by atoms with van der Waals surface area (Å²) in [4.78, 5) is 16.6. The Labute approximate surface area is 178 Å². The smallest absolute Gasteiger partial charge is 0.250 e. The Balaban J connectivity index is 1.54. The van der Waals surface area contributed by atoms with Gasteiger partial charge in [-0.25, -0.2) is 10.4 Å². The van der Waals surface area contributed by atoms with Gasteiger partial charge in [0.1, 0.15) is 0 Å². The summed E-state index contributed by atoms with van der Waals surface area (Å²) in [6, 6.07) is 13.5. The van der Waals surface area contributed by atoms with E-state index in [2.05, 4.69) is 15.5 Å². The van der Waals surface area contributed by atoms with Crippen molar-refractivity contribution in [2.24, 2.45) is 5.10 Å². The molecule has 0 radical (unpaired) electrons. The molecule has 2 aromatic carbocycles. The summed E-state index contributed by atoms with van der Waals surface area (Å²) in [6.45, 7) is 6.39. The number of carbonyl (C=O) groups excluding carboxylic acids is 1. The summed E-state index contributed by atoms with van der Waals surface area (Å²) in [6.07, 6.45) is 1.64. The lowest BCUT2D eigenvalue weighted by molar-refractivity contribution is -0.118. The normalized spacial score (nSPS) is 11.3. The van der Waals surface area contributed by atoms with Crippen molar-refractivity contribution in [3.05, 3.63) is 48.0 Å². The van der Waals surface area contributed by atoms with Gasteiger partial charge in [-0.2, -0.15) is 5.10 Å². The van der Waals surface area contributed by atoms with Gasteiger partial charge in [0, 0.05) is 0 Å². The fourth-order valence-electron chi connectivity index (χ4n) is 2.48. The largest absolute Gasteiger partial charge is 0.490 e. The van der Waals surface area contributed by atoms with Crippen molar-refractivity contribution in [1.82, 2.24) is 10.4 Å². The molecule has 1 N–H and O–H groups in total. The number of thiazole rings is 1. The number of hydrazone groups is 1. The fraction of sp³-hybridized carbons (Fsp3) is 0.286. The summed E-state index contributed by atoms with van der Waals surface area (Å²) >= 11 is 2.98. The van der Waals surface area contributed by atoms with E-state index in [4.69, 9.17) is 9.47 Å². The maximum Gasteiger partial charge on any atom is 0.250 e. The monoisotopic (exact) mass is 429 g/mol. The molecule has 0 aliphatic carbocycles. The van der Waals surface area contributed by atoms with Crippen LogP contribution in [0.15, 0.2) is 51.9 Å². The van der Waals surface area contributed by atoms with Crippen molar-refractivity contribution in [3.63, 3.8) is 0 Å². The molecule has 29 heavy (non-hydrogen) atoms. The Kier molecular flexibility index (Phi) is 7.48. The standard InChI is InChI=1S/C21H23N3O3S2/c1-4-26-18-11-15(9-10-17(18)27-14(2)3)12-22-24-20(25)13-28-21-23-16-7-5-6-8-19(16)29-21/h5-12,14H,4,13H2,1-3H3,(H,24,25)/b22-12+. The predicted octanol–water partition coefficient (Wildman–Crippen LogP) is 4.72. The highest BCUT2D eigenvalue weighted by Gasteiger charge is 2.09. The van der Waals surface area contributed by atoms with Crippen LogP contribution in [0.4, 0.5) is 0 Å². The topological polar surface area (TPSA) is 72.8 Å². The molecule has 1 heterocycles. The van der Waals surface area contributed by atoms with Crippen molar-refractivity contribution in [3.8, 4) is 11.5 Å². The van der Waals surface area contributed by atoms with Gasteiger partial charge < -0.3 is 9.47 Å². The molecule has 0 spiro atoms. The van der Waals surface area contributed by atoms with Gasteiger partial charge in [-0.1, -0.05) is 23.9 Å². The molecule has 3 aromatic rings. The summed E-state index contributed by atoms with van der Waals surface area (Å²) in [5.74, 6) is 1.41. The van der Waals surface area contributed by atoms with E-state index in [1.807, 2.05) is 63.2 Å². The number of nitrogens with one attached hydrogen (secondary N) is 1. The molecule has 0 saturated heterocycles. The highest BCUT2D eigenvalue weighted by molar-refractivity contribution is 8.01. The highest BCUT2D eigenvalue weighted by Crippen LogP contribution is 2.30. The Morgan fingerprint density at radius 2 is 2.10 bits per heavy atom. The number of ether oxygens (including phenoxy) is 2. The van der Waals surface area contributed by atoms with Crippen molar-refractivity contribution in [2.75, 3.05) is 12.4 Å². The molecule has 0 aliphatic rings. The molecule has 6 nitrogen and oxygen atoms in total. The number of carbonyl (C=O) groups is 1. The third kappa shape index (κ3) is 6.20. The van der Waals surface area contributed by atoms with Gasteiger partial charge in [0.2, 0.25) is 0 Å². The lowest BCUT2D eigenvalue weighted by Crippen LogP contribution is -2.19. The van der Waals surface area contributed by atoms with E-state index in [0.29, 0.717) is 18.1 Å². The number of aromatic nitrogens is 1. The van der Waals surface area contributed by atoms with Crippen LogP contribution >= 0.6 is 23.1 Å². The van der Waals surface area contributed by atoms with E-state index in [0.717, 1.165) is 20.1 Å². The number of thioether (sulfide) groups is 1. The first-order valence-corrected chi connectivity index (χ1v) is 11.1. The number of para-hydroxylation sites is 1. The van der Waals surface area contributed by atoms with E-state index in [1.54, 1.807) is 17.6 Å². The van der Waals surface area contributed by atoms with E-state index in [1.165, 1.54) is 11.8 Å². The van der Waals surface area contributed by atoms with Gasteiger partial charge in [-0.3, -0.25) is 4.79 Å². The predicted molar refractivity (Wildman–Crippen MR) is 119 cm³/mol. The number of hydrogen-bond donors (Lipinski definition) is 1. The van der Waals surface area contributed by atoms with E-state index in [-0.39, 0.29) is 17.8 Å². The Hall–Kier alpha value is -2.58. The van der Waals surface area contributed by atoms with Crippen LogP contribution < -0.4 is 14.9 Å². The number of hydrogen-bond acceptors (Lipinski definition) is 7. The van der Waals surface area contributed by atoms with E-state index < -0.39 is 0 Å². The third-order valence-corrected chi connectivity index (χ3v) is 5.81. The minimum absolute atomic E-state index is 0.0564. The first-order chi connectivity index (χ1) is 14.0. The van der Waals surface area contributed by atoms with Crippen molar-refractivity contribution < 1.29 is 14.3 Å². The SMILES string of the molecule is CCOc1cc(/C=N/NC(=O)CSc2nc3ccccc3s2)ccc1OC(C)C. The van der Waals surface area contributed by atoms with Crippen molar-refractivity contribution >= 4 is 45.4 Å². The molecule has 0 bridgehead atoms. The first-order valence-electron chi connectivity index (χ1n) is 9.29. The van der Waals surface area contributed by atoms with Crippen molar-refractivity contribution in [1.29, 1.82) is 0 Å². The van der Waals surface area contributed by atoms with Gasteiger partial charge in [0.25, 0.3) is 5.91 Å². The lowest BCUT2D eigenvalue weighted by Gasteiger charge is -2.14. The number of rotatable bonds is 9. The maximum atomic E-state index is 12.1. The second-order valence-electron chi connectivity index (χ2n) is 6.34. The van der Waals surface area contributed by atoms with Crippen LogP contribution in [0.3, 0.4) is 0 Å². The third-order valence-electron chi connectivity index (χ3n) is 3.63. The number of amides is 1. The van der Waals surface area contributed by atoms with Gasteiger partial charge in [0.05, 0.1) is 34.9 Å². The quantitative estimate of drug-likeness (QED) is 0.303. The fourth-order valence-corrected chi connectivity index (χ4v) is 4.34. The number of fused-ring (bicyclic) bond motifs is 1. The van der Waals surface area contributed by atoms with Crippen LogP contribution in [0, 0.1) is 0 Å². The van der Waals surface area contributed by atoms with Crippen LogP contribution in [-0.4, -0.2) is 35.6 Å². The summed E-state index contributed by atoms with van der Waals surface area (Å²) < 4.78 is 13.4. The molecule has 0 saturated carbocycles. The van der Waals surface area contributed by atoms with Crippen LogP contribution in [0.2, 0.25) is 0 Å². The highest BCUT2D eigenvalue weighted by atomic mass is 32.2.